The predicted octanol–water partition coefficient (Wildman–Crippen LogP) is 4.88. The molecule has 1 N–H and O–H groups in total. The van der Waals surface area contributed by atoms with Gasteiger partial charge in [0.05, 0.1) is 11.6 Å². The number of aromatic nitrogens is 4. The van der Waals surface area contributed by atoms with Crippen LogP contribution in [0.3, 0.4) is 0 Å². The summed E-state index contributed by atoms with van der Waals surface area (Å²) in [5.41, 5.74) is 3.83. The predicted molar refractivity (Wildman–Crippen MR) is 122 cm³/mol. The van der Waals surface area contributed by atoms with Crippen LogP contribution in [0, 0.1) is 13.8 Å². The Bertz CT molecular complexity index is 1020. The van der Waals surface area contributed by atoms with Crippen LogP contribution in [0.1, 0.15) is 78.2 Å². The van der Waals surface area contributed by atoms with E-state index in [1.165, 1.54) is 37.8 Å². The van der Waals surface area contributed by atoms with Crippen molar-refractivity contribution in [1.82, 2.24) is 24.5 Å². The Balaban J connectivity index is 1.60. The second kappa shape index (κ2) is 9.25. The number of amides is 1. The van der Waals surface area contributed by atoms with Crippen molar-refractivity contribution in [3.05, 3.63) is 53.2 Å². The number of rotatable bonds is 7. The second-order valence-electron chi connectivity index (χ2n) is 8.24. The molecule has 160 valence electrons. The zero-order valence-electron chi connectivity index (χ0n) is 18.1. The number of fused-ring (bicyclic) bond motifs is 1. The fourth-order valence-corrected chi connectivity index (χ4v) is 5.21. The van der Waals surface area contributed by atoms with Gasteiger partial charge in [0.15, 0.2) is 11.5 Å². The molecule has 1 atom stereocenters. The first kappa shape index (κ1) is 21.0. The van der Waals surface area contributed by atoms with Gasteiger partial charge in [-0.3, -0.25) is 9.20 Å². The number of carbonyl (C=O) groups excluding carboxylic acids is 1. The summed E-state index contributed by atoms with van der Waals surface area (Å²) in [7, 11) is 0. The molecular weight excluding hydrogens is 394 g/mol. The standard InChI is InChI=1S/C23H31N5OS/c1-16-15-19(17(2)28(16)18-9-5-4-6-10-18)23(29)24-20(12-14-30-3)22-26-25-21-11-7-8-13-27(21)22/h7-8,11,13,15,18,20H,4-6,9-10,12,14H2,1-3H3,(H,24,29)/t20-/m0/s1. The first-order valence-electron chi connectivity index (χ1n) is 10.9. The minimum absolute atomic E-state index is 0.0241. The van der Waals surface area contributed by atoms with Gasteiger partial charge in [0.1, 0.15) is 0 Å². The Morgan fingerprint density at radius 1 is 1.23 bits per heavy atom. The summed E-state index contributed by atoms with van der Waals surface area (Å²) < 4.78 is 4.36. The lowest BCUT2D eigenvalue weighted by molar-refractivity contribution is 0.0933. The van der Waals surface area contributed by atoms with E-state index in [9.17, 15) is 4.79 Å². The molecule has 0 spiro atoms. The summed E-state index contributed by atoms with van der Waals surface area (Å²) >= 11 is 1.77. The molecule has 1 saturated carbocycles. The van der Waals surface area contributed by atoms with E-state index in [0.29, 0.717) is 6.04 Å². The molecule has 3 aromatic heterocycles. The fraction of sp³-hybridized carbons (Fsp3) is 0.522. The molecule has 1 fully saturated rings. The summed E-state index contributed by atoms with van der Waals surface area (Å²) in [6.07, 6.45) is 11.1. The van der Waals surface area contributed by atoms with Gasteiger partial charge in [-0.25, -0.2) is 0 Å². The number of carbonyl (C=O) groups is 1. The first-order chi connectivity index (χ1) is 14.6. The van der Waals surface area contributed by atoms with Gasteiger partial charge in [-0.05, 0) is 63.3 Å². The van der Waals surface area contributed by atoms with Crippen molar-refractivity contribution in [3.8, 4) is 0 Å². The molecule has 3 heterocycles. The molecule has 0 aromatic carbocycles. The molecule has 0 saturated heterocycles. The molecule has 4 rings (SSSR count). The highest BCUT2D eigenvalue weighted by molar-refractivity contribution is 7.98. The van der Waals surface area contributed by atoms with Gasteiger partial charge in [-0.1, -0.05) is 25.3 Å². The van der Waals surface area contributed by atoms with Gasteiger partial charge < -0.3 is 9.88 Å². The van der Waals surface area contributed by atoms with E-state index < -0.39 is 0 Å². The Hall–Kier alpha value is -2.28. The highest BCUT2D eigenvalue weighted by Crippen LogP contribution is 2.32. The van der Waals surface area contributed by atoms with Gasteiger partial charge in [-0.15, -0.1) is 10.2 Å². The van der Waals surface area contributed by atoms with Crippen molar-refractivity contribution < 1.29 is 4.79 Å². The van der Waals surface area contributed by atoms with Crippen LogP contribution in [0.4, 0.5) is 0 Å². The molecule has 1 amide bonds. The number of thioether (sulfide) groups is 1. The molecule has 3 aromatic rings. The minimum atomic E-state index is -0.180. The van der Waals surface area contributed by atoms with Gasteiger partial charge in [-0.2, -0.15) is 11.8 Å². The van der Waals surface area contributed by atoms with Crippen molar-refractivity contribution in [2.45, 2.75) is 64.5 Å². The zero-order valence-corrected chi connectivity index (χ0v) is 18.9. The Labute approximate surface area is 182 Å². The second-order valence-corrected chi connectivity index (χ2v) is 9.23. The lowest BCUT2D eigenvalue weighted by Crippen LogP contribution is -2.31. The Morgan fingerprint density at radius 2 is 2.03 bits per heavy atom. The van der Waals surface area contributed by atoms with Crippen molar-refractivity contribution >= 4 is 23.3 Å². The highest BCUT2D eigenvalue weighted by atomic mass is 32.2. The largest absolute Gasteiger partial charge is 0.345 e. The average Bonchev–Trinajstić information content (AvgIpc) is 3.32. The number of nitrogens with zero attached hydrogens (tertiary/aromatic N) is 4. The fourth-order valence-electron chi connectivity index (χ4n) is 4.74. The van der Waals surface area contributed by atoms with Gasteiger partial charge in [0.25, 0.3) is 5.91 Å². The third-order valence-corrected chi connectivity index (χ3v) is 6.88. The third kappa shape index (κ3) is 4.13. The molecular formula is C23H31N5OS. The van der Waals surface area contributed by atoms with Crippen LogP contribution in [-0.4, -0.2) is 37.1 Å². The topological polar surface area (TPSA) is 64.2 Å². The van der Waals surface area contributed by atoms with Crippen molar-refractivity contribution in [3.63, 3.8) is 0 Å². The SMILES string of the molecule is CSCC[C@H](NC(=O)c1cc(C)n(C2CCCCC2)c1C)c1nnc2ccccn12. The van der Waals surface area contributed by atoms with E-state index in [-0.39, 0.29) is 11.9 Å². The maximum absolute atomic E-state index is 13.3. The Morgan fingerprint density at radius 3 is 2.80 bits per heavy atom. The molecule has 7 heteroatoms. The summed E-state index contributed by atoms with van der Waals surface area (Å²) in [5.74, 6) is 1.70. The van der Waals surface area contributed by atoms with E-state index in [4.69, 9.17) is 0 Å². The molecule has 1 aliphatic carbocycles. The number of hydrogen-bond acceptors (Lipinski definition) is 4. The first-order valence-corrected chi connectivity index (χ1v) is 12.3. The van der Waals surface area contributed by atoms with E-state index in [0.717, 1.165) is 34.9 Å². The number of hydrogen-bond donors (Lipinski definition) is 1. The molecule has 1 aliphatic rings. The summed E-state index contributed by atoms with van der Waals surface area (Å²) in [6.45, 7) is 4.20. The quantitative estimate of drug-likeness (QED) is 0.586. The van der Waals surface area contributed by atoms with E-state index in [2.05, 4.69) is 40.2 Å². The van der Waals surface area contributed by atoms with Crippen LogP contribution in [0.25, 0.3) is 5.65 Å². The maximum Gasteiger partial charge on any atom is 0.253 e. The third-order valence-electron chi connectivity index (χ3n) is 6.24. The van der Waals surface area contributed by atoms with Gasteiger partial charge in [0.2, 0.25) is 0 Å². The zero-order chi connectivity index (χ0) is 21.1. The van der Waals surface area contributed by atoms with Gasteiger partial charge in [0, 0.05) is 23.6 Å². The molecule has 30 heavy (non-hydrogen) atoms. The lowest BCUT2D eigenvalue weighted by Gasteiger charge is -2.26. The number of aryl methyl sites for hydroxylation is 1. The highest BCUT2D eigenvalue weighted by Gasteiger charge is 2.25. The Kier molecular flexibility index (Phi) is 6.46. The number of nitrogens with one attached hydrogen (secondary N) is 1. The van der Waals surface area contributed by atoms with Crippen molar-refractivity contribution in [2.24, 2.45) is 0 Å². The molecule has 0 bridgehead atoms. The van der Waals surface area contributed by atoms with E-state index >= 15 is 0 Å². The maximum atomic E-state index is 13.3. The molecule has 0 radical (unpaired) electrons. The monoisotopic (exact) mass is 425 g/mol. The minimum Gasteiger partial charge on any atom is -0.345 e. The van der Waals surface area contributed by atoms with Crippen LogP contribution in [-0.2, 0) is 0 Å². The van der Waals surface area contributed by atoms with Crippen LogP contribution < -0.4 is 5.32 Å². The normalized spacial score (nSPS) is 16.1. The van der Waals surface area contributed by atoms with E-state index in [1.54, 1.807) is 11.8 Å². The number of pyridine rings is 1. The van der Waals surface area contributed by atoms with Crippen LogP contribution in [0.15, 0.2) is 30.5 Å². The summed E-state index contributed by atoms with van der Waals surface area (Å²) in [5, 5.41) is 11.9. The molecule has 0 aliphatic heterocycles. The molecule has 6 nitrogen and oxygen atoms in total. The summed E-state index contributed by atoms with van der Waals surface area (Å²) in [4.78, 5) is 13.3. The smallest absolute Gasteiger partial charge is 0.253 e. The lowest BCUT2D eigenvalue weighted by atomic mass is 9.95. The van der Waals surface area contributed by atoms with Crippen LogP contribution >= 0.6 is 11.8 Å². The average molecular weight is 426 g/mol. The van der Waals surface area contributed by atoms with Crippen molar-refractivity contribution in [2.75, 3.05) is 12.0 Å². The van der Waals surface area contributed by atoms with Crippen LogP contribution in [0.5, 0.6) is 0 Å². The van der Waals surface area contributed by atoms with E-state index in [1.807, 2.05) is 34.9 Å². The van der Waals surface area contributed by atoms with Crippen molar-refractivity contribution in [1.29, 1.82) is 0 Å². The van der Waals surface area contributed by atoms with Crippen LogP contribution in [0.2, 0.25) is 0 Å². The molecule has 0 unspecified atom stereocenters. The van der Waals surface area contributed by atoms with Gasteiger partial charge >= 0.3 is 0 Å². The summed E-state index contributed by atoms with van der Waals surface area (Å²) in [6, 6.07) is 8.23.